The molecule has 0 saturated heterocycles. The molecule has 188 valence electrons. The lowest BCUT2D eigenvalue weighted by atomic mass is 10.2. The molecule has 0 heterocycles. The van der Waals surface area contributed by atoms with Crippen LogP contribution in [-0.2, 0) is 17.6 Å². The third kappa shape index (κ3) is 8.04. The Morgan fingerprint density at radius 1 is 1.08 bits per heavy atom. The van der Waals surface area contributed by atoms with E-state index in [1.165, 1.54) is 30.5 Å². The monoisotopic (exact) mass is 724 g/mol. The van der Waals surface area contributed by atoms with E-state index in [1.807, 2.05) is 0 Å². The van der Waals surface area contributed by atoms with Crippen LogP contribution in [0.1, 0.15) is 16.7 Å². The Balaban J connectivity index is 1.53. The van der Waals surface area contributed by atoms with E-state index in [0.717, 1.165) is 24.8 Å². The quantitative estimate of drug-likeness (QED) is 0.123. The summed E-state index contributed by atoms with van der Waals surface area (Å²) in [6.07, 6.45) is -3.03. The number of ether oxygens (including phenoxy) is 1. The second-order valence-electron chi connectivity index (χ2n) is 7.25. The van der Waals surface area contributed by atoms with E-state index in [2.05, 4.69) is 61.0 Å². The van der Waals surface area contributed by atoms with Gasteiger partial charge in [0.25, 0.3) is 11.6 Å². The molecule has 3 aromatic carbocycles. The van der Waals surface area contributed by atoms with Crippen LogP contribution in [0, 0.1) is 17.3 Å². The number of hydrazone groups is 1. The van der Waals surface area contributed by atoms with Crippen LogP contribution in [0.5, 0.6) is 5.75 Å². The van der Waals surface area contributed by atoms with Gasteiger partial charge in [0.1, 0.15) is 12.4 Å². The summed E-state index contributed by atoms with van der Waals surface area (Å²) >= 11 is 4.21. The van der Waals surface area contributed by atoms with Crippen molar-refractivity contribution in [1.82, 2.24) is 5.43 Å². The maximum absolute atomic E-state index is 12.8. The van der Waals surface area contributed by atoms with Gasteiger partial charge in [-0.05, 0) is 98.8 Å². The minimum Gasteiger partial charge on any atom is -0.487 e. The lowest BCUT2D eigenvalue weighted by Gasteiger charge is -2.11. The molecular formula is C23H17F3I2N4O4. The predicted octanol–water partition coefficient (Wildman–Crippen LogP) is 5.96. The van der Waals surface area contributed by atoms with Crippen LogP contribution in [0.4, 0.5) is 24.5 Å². The number of hydrogen-bond donors (Lipinski definition) is 2. The highest BCUT2D eigenvalue weighted by molar-refractivity contribution is 14.1. The van der Waals surface area contributed by atoms with Gasteiger partial charge in [-0.15, -0.1) is 0 Å². The van der Waals surface area contributed by atoms with Crippen LogP contribution >= 0.6 is 45.2 Å². The Bertz CT molecular complexity index is 1260. The largest absolute Gasteiger partial charge is 0.487 e. The number of nitrogens with one attached hydrogen (secondary N) is 2. The Hall–Kier alpha value is -2.95. The predicted molar refractivity (Wildman–Crippen MR) is 145 cm³/mol. The molecule has 0 aliphatic heterocycles. The first-order valence-corrected chi connectivity index (χ1v) is 12.3. The average molecular weight is 724 g/mol. The van der Waals surface area contributed by atoms with Crippen molar-refractivity contribution in [3.05, 3.63) is 94.6 Å². The normalized spacial score (nSPS) is 11.4. The summed E-state index contributed by atoms with van der Waals surface area (Å²) < 4.78 is 45.8. The SMILES string of the molecule is O=C(CNc1cccc(C(F)(F)F)c1)N/N=C\c1cc(I)c(OCc2ccc([N+](=O)[O-])cc2)c(I)c1. The molecule has 3 rings (SSSR count). The van der Waals surface area contributed by atoms with Crippen molar-refractivity contribution in [1.29, 1.82) is 0 Å². The highest BCUT2D eigenvalue weighted by Gasteiger charge is 2.30. The number of nitro benzene ring substituents is 1. The maximum atomic E-state index is 12.8. The van der Waals surface area contributed by atoms with Gasteiger partial charge in [-0.25, -0.2) is 5.43 Å². The summed E-state index contributed by atoms with van der Waals surface area (Å²) in [6, 6.07) is 14.2. The second-order valence-corrected chi connectivity index (χ2v) is 9.58. The Morgan fingerprint density at radius 3 is 2.36 bits per heavy atom. The van der Waals surface area contributed by atoms with Crippen LogP contribution in [0.3, 0.4) is 0 Å². The Labute approximate surface area is 230 Å². The van der Waals surface area contributed by atoms with Crippen LogP contribution < -0.4 is 15.5 Å². The number of non-ortho nitro benzene ring substituents is 1. The molecule has 13 heteroatoms. The number of rotatable bonds is 9. The number of nitrogens with zero attached hydrogens (tertiary/aromatic N) is 2. The summed E-state index contributed by atoms with van der Waals surface area (Å²) in [6.45, 7) is -0.0322. The molecule has 0 fully saturated rings. The van der Waals surface area contributed by atoms with Crippen molar-refractivity contribution < 1.29 is 27.6 Å². The summed E-state index contributed by atoms with van der Waals surface area (Å²) in [5.74, 6) is 0.108. The third-order valence-electron chi connectivity index (χ3n) is 4.60. The first-order valence-electron chi connectivity index (χ1n) is 10.1. The van der Waals surface area contributed by atoms with Gasteiger partial charge in [0.15, 0.2) is 0 Å². The van der Waals surface area contributed by atoms with Gasteiger partial charge in [-0.1, -0.05) is 6.07 Å². The van der Waals surface area contributed by atoms with Crippen molar-refractivity contribution in [2.75, 3.05) is 11.9 Å². The Morgan fingerprint density at radius 2 is 1.75 bits per heavy atom. The van der Waals surface area contributed by atoms with Gasteiger partial charge in [-0.3, -0.25) is 14.9 Å². The lowest BCUT2D eigenvalue weighted by molar-refractivity contribution is -0.384. The topological polar surface area (TPSA) is 106 Å². The minimum atomic E-state index is -4.47. The van der Waals surface area contributed by atoms with Crippen molar-refractivity contribution in [3.63, 3.8) is 0 Å². The first-order chi connectivity index (χ1) is 17.0. The molecule has 2 N–H and O–H groups in total. The van der Waals surface area contributed by atoms with Crippen molar-refractivity contribution in [2.45, 2.75) is 12.8 Å². The van der Waals surface area contributed by atoms with Gasteiger partial charge in [0.05, 0.1) is 30.4 Å². The Kier molecular flexibility index (Phi) is 9.47. The van der Waals surface area contributed by atoms with Gasteiger partial charge in [-0.2, -0.15) is 18.3 Å². The molecule has 0 unspecified atom stereocenters. The van der Waals surface area contributed by atoms with E-state index in [4.69, 9.17) is 4.74 Å². The van der Waals surface area contributed by atoms with Crippen molar-refractivity contribution >= 4 is 68.7 Å². The van der Waals surface area contributed by atoms with Crippen molar-refractivity contribution in [2.24, 2.45) is 5.10 Å². The molecule has 36 heavy (non-hydrogen) atoms. The number of hydrogen-bond acceptors (Lipinski definition) is 6. The minimum absolute atomic E-state index is 0.00470. The number of alkyl halides is 3. The summed E-state index contributed by atoms with van der Waals surface area (Å²) in [5, 5.41) is 17.3. The average Bonchev–Trinajstić information content (AvgIpc) is 2.82. The van der Waals surface area contributed by atoms with E-state index < -0.39 is 22.6 Å². The van der Waals surface area contributed by atoms with Crippen LogP contribution in [0.25, 0.3) is 0 Å². The molecule has 0 saturated carbocycles. The molecule has 1 amide bonds. The summed E-state index contributed by atoms with van der Waals surface area (Å²) in [5.41, 5.74) is 3.15. The molecule has 8 nitrogen and oxygen atoms in total. The van der Waals surface area contributed by atoms with Crippen LogP contribution in [0.2, 0.25) is 0 Å². The first kappa shape index (κ1) is 27.6. The van der Waals surface area contributed by atoms with Gasteiger partial charge in [0, 0.05) is 17.8 Å². The molecule has 0 aliphatic carbocycles. The van der Waals surface area contributed by atoms with Gasteiger partial charge in [0.2, 0.25) is 0 Å². The number of nitro groups is 1. The van der Waals surface area contributed by atoms with Crippen LogP contribution in [-0.4, -0.2) is 23.6 Å². The van der Waals surface area contributed by atoms with Crippen molar-refractivity contribution in [3.8, 4) is 5.75 Å². The van der Waals surface area contributed by atoms with Crippen LogP contribution in [0.15, 0.2) is 65.8 Å². The fourth-order valence-electron chi connectivity index (χ4n) is 2.87. The smallest absolute Gasteiger partial charge is 0.416 e. The molecule has 0 bridgehead atoms. The number of halogens is 5. The standard InChI is InChI=1S/C23H17F3I2N4O4/c24-23(25,26)16-2-1-3-17(10-16)29-12-21(33)31-30-11-15-8-19(27)22(20(28)9-15)36-13-14-4-6-18(7-5-14)32(34)35/h1-11,29H,12-13H2,(H,31,33)/b30-11-. The summed E-state index contributed by atoms with van der Waals surface area (Å²) in [4.78, 5) is 22.3. The molecule has 0 spiro atoms. The fourth-order valence-corrected chi connectivity index (χ4v) is 5.00. The number of amides is 1. The molecule has 0 atom stereocenters. The molecule has 0 aromatic heterocycles. The third-order valence-corrected chi connectivity index (χ3v) is 6.20. The highest BCUT2D eigenvalue weighted by atomic mass is 127. The zero-order valence-electron chi connectivity index (χ0n) is 18.2. The highest BCUT2D eigenvalue weighted by Crippen LogP contribution is 2.31. The molecule has 0 aliphatic rings. The maximum Gasteiger partial charge on any atom is 0.416 e. The van der Waals surface area contributed by atoms with E-state index in [9.17, 15) is 28.1 Å². The number of benzene rings is 3. The zero-order chi connectivity index (χ0) is 26.3. The lowest BCUT2D eigenvalue weighted by Crippen LogP contribution is -2.26. The van der Waals surface area contributed by atoms with E-state index in [-0.39, 0.29) is 24.5 Å². The molecular weight excluding hydrogens is 707 g/mol. The molecule has 0 radical (unpaired) electrons. The second kappa shape index (κ2) is 12.3. The number of carbonyl (C=O) groups is 1. The zero-order valence-corrected chi connectivity index (χ0v) is 22.5. The van der Waals surface area contributed by atoms with E-state index in [1.54, 1.807) is 24.3 Å². The van der Waals surface area contributed by atoms with Gasteiger partial charge >= 0.3 is 6.18 Å². The molecule has 3 aromatic rings. The van der Waals surface area contributed by atoms with Gasteiger partial charge < -0.3 is 10.1 Å². The fraction of sp³-hybridized carbons (Fsp3) is 0.130. The number of carbonyl (C=O) groups excluding carboxylic acids is 1. The number of anilines is 1. The summed E-state index contributed by atoms with van der Waals surface area (Å²) in [7, 11) is 0. The van der Waals surface area contributed by atoms with E-state index >= 15 is 0 Å². The van der Waals surface area contributed by atoms with E-state index in [0.29, 0.717) is 11.3 Å².